The minimum absolute atomic E-state index is 0.0359. The smallest absolute Gasteiger partial charge is 0.246 e. The summed E-state index contributed by atoms with van der Waals surface area (Å²) in [6.45, 7) is 5.21. The van der Waals surface area contributed by atoms with Crippen LogP contribution >= 0.6 is 0 Å². The van der Waals surface area contributed by atoms with Crippen LogP contribution in [0.15, 0.2) is 12.2 Å². The lowest BCUT2D eigenvalue weighted by Crippen LogP contribution is -2.59. The highest BCUT2D eigenvalue weighted by Crippen LogP contribution is 2.05. The summed E-state index contributed by atoms with van der Waals surface area (Å²) in [5.74, 6) is -1.56. The molecule has 0 rings (SSSR count). The molecule has 0 unspecified atom stereocenters. The van der Waals surface area contributed by atoms with E-state index in [1.54, 1.807) is 6.92 Å². The van der Waals surface area contributed by atoms with E-state index < -0.39 is 5.97 Å². The van der Waals surface area contributed by atoms with Crippen molar-refractivity contribution in [3.05, 3.63) is 12.2 Å². The van der Waals surface area contributed by atoms with Crippen molar-refractivity contribution in [2.45, 2.75) is 6.92 Å². The summed E-state index contributed by atoms with van der Waals surface area (Å²) >= 11 is 0. The maximum atomic E-state index is 11.3. The number of nitrogens with one attached hydrogen (secondary N) is 1. The quantitative estimate of drug-likeness (QED) is 0.295. The van der Waals surface area contributed by atoms with Gasteiger partial charge in [0.25, 0.3) is 0 Å². The SMILES string of the molecule is C=C(C)C(=O)NCC[N+](CCO)(CCO)CC(=O)[O-]. The van der Waals surface area contributed by atoms with Gasteiger partial charge in [0.15, 0.2) is 0 Å². The Morgan fingerprint density at radius 3 is 2.11 bits per heavy atom. The molecule has 1 amide bonds. The molecule has 0 aromatic carbocycles. The predicted octanol–water partition coefficient (Wildman–Crippen LogP) is -2.77. The van der Waals surface area contributed by atoms with Gasteiger partial charge in [-0.2, -0.15) is 0 Å². The summed E-state index contributed by atoms with van der Waals surface area (Å²) in [5, 5.41) is 31.4. The number of aliphatic hydroxyl groups is 2. The summed E-state index contributed by atoms with van der Waals surface area (Å²) in [4.78, 5) is 22.1. The van der Waals surface area contributed by atoms with Crippen LogP contribution in [0, 0.1) is 0 Å². The van der Waals surface area contributed by atoms with Crippen molar-refractivity contribution in [2.24, 2.45) is 0 Å². The van der Waals surface area contributed by atoms with Crippen LogP contribution in [-0.4, -0.2) is 72.5 Å². The van der Waals surface area contributed by atoms with Crippen molar-refractivity contribution in [1.29, 1.82) is 0 Å². The zero-order chi connectivity index (χ0) is 14.9. The maximum absolute atomic E-state index is 11.3. The number of rotatable bonds is 10. The standard InChI is InChI=1S/C12H22N2O5/c1-10(2)12(19)13-3-4-14(5-7-15,6-8-16)9-11(17)18/h15-16H,1,3-9H2,2H3,(H-,13,17,18,19). The Bertz CT molecular complexity index is 324. The van der Waals surface area contributed by atoms with E-state index in [0.29, 0.717) is 5.57 Å². The molecule has 0 aromatic rings. The maximum Gasteiger partial charge on any atom is 0.246 e. The molecular weight excluding hydrogens is 252 g/mol. The molecule has 7 heteroatoms. The third-order valence-electron chi connectivity index (χ3n) is 2.87. The number of carboxylic acid groups (broad SMARTS) is 1. The summed E-state index contributed by atoms with van der Waals surface area (Å²) in [5.41, 5.74) is 0.363. The molecule has 0 bridgehead atoms. The number of hydrogen-bond donors (Lipinski definition) is 3. The first-order valence-electron chi connectivity index (χ1n) is 6.07. The van der Waals surface area contributed by atoms with Crippen LogP contribution in [0.3, 0.4) is 0 Å². The highest BCUT2D eigenvalue weighted by molar-refractivity contribution is 5.92. The van der Waals surface area contributed by atoms with Crippen LogP contribution in [0.1, 0.15) is 6.92 Å². The van der Waals surface area contributed by atoms with Gasteiger partial charge in [0.1, 0.15) is 19.6 Å². The Morgan fingerprint density at radius 2 is 1.74 bits per heavy atom. The number of quaternary nitrogens is 1. The van der Waals surface area contributed by atoms with Crippen LogP contribution in [0.5, 0.6) is 0 Å². The molecular formula is C12H22N2O5. The number of aliphatic carboxylic acids is 1. The van der Waals surface area contributed by atoms with E-state index in [-0.39, 0.29) is 56.3 Å². The lowest BCUT2D eigenvalue weighted by atomic mass is 10.3. The highest BCUT2D eigenvalue weighted by Gasteiger charge is 2.26. The van der Waals surface area contributed by atoms with Crippen LogP contribution in [-0.2, 0) is 9.59 Å². The molecule has 0 spiro atoms. The van der Waals surface area contributed by atoms with Gasteiger partial charge in [0.05, 0.1) is 32.3 Å². The molecule has 0 aromatic heterocycles. The lowest BCUT2D eigenvalue weighted by molar-refractivity contribution is -0.922. The minimum Gasteiger partial charge on any atom is -0.544 e. The predicted molar refractivity (Wildman–Crippen MR) is 66.7 cm³/mol. The van der Waals surface area contributed by atoms with Gasteiger partial charge in [-0.25, -0.2) is 0 Å². The Balaban J connectivity index is 4.58. The molecule has 0 saturated carbocycles. The van der Waals surface area contributed by atoms with Crippen molar-refractivity contribution in [1.82, 2.24) is 5.32 Å². The zero-order valence-corrected chi connectivity index (χ0v) is 11.2. The van der Waals surface area contributed by atoms with Gasteiger partial charge < -0.3 is 29.9 Å². The molecule has 0 saturated heterocycles. The van der Waals surface area contributed by atoms with Gasteiger partial charge >= 0.3 is 0 Å². The average molecular weight is 274 g/mol. The van der Waals surface area contributed by atoms with Crippen molar-refractivity contribution in [2.75, 3.05) is 45.9 Å². The van der Waals surface area contributed by atoms with Gasteiger partial charge in [-0.3, -0.25) is 4.79 Å². The summed E-state index contributed by atoms with van der Waals surface area (Å²) < 4.78 is -0.0359. The minimum atomic E-state index is -1.26. The fourth-order valence-electron chi connectivity index (χ4n) is 1.83. The molecule has 0 aliphatic rings. The summed E-state index contributed by atoms with van der Waals surface area (Å²) in [6.07, 6.45) is 0. The van der Waals surface area contributed by atoms with Crippen molar-refractivity contribution < 1.29 is 29.4 Å². The molecule has 0 atom stereocenters. The first-order valence-corrected chi connectivity index (χ1v) is 6.07. The van der Waals surface area contributed by atoms with Crippen molar-refractivity contribution in [3.63, 3.8) is 0 Å². The molecule has 0 fully saturated rings. The van der Waals surface area contributed by atoms with Crippen molar-refractivity contribution >= 4 is 11.9 Å². The van der Waals surface area contributed by atoms with Crippen LogP contribution in [0.4, 0.5) is 0 Å². The van der Waals surface area contributed by atoms with E-state index in [1.807, 2.05) is 0 Å². The van der Waals surface area contributed by atoms with Crippen LogP contribution < -0.4 is 10.4 Å². The Kier molecular flexibility index (Phi) is 7.97. The Labute approximate surface area is 112 Å². The lowest BCUT2D eigenvalue weighted by Gasteiger charge is -2.38. The van der Waals surface area contributed by atoms with Gasteiger partial charge in [0, 0.05) is 5.57 Å². The highest BCUT2D eigenvalue weighted by atomic mass is 16.4. The van der Waals surface area contributed by atoms with E-state index in [0.717, 1.165) is 0 Å². The van der Waals surface area contributed by atoms with E-state index in [2.05, 4.69) is 11.9 Å². The second-order valence-corrected chi connectivity index (χ2v) is 4.53. The first-order chi connectivity index (χ1) is 8.87. The molecule has 7 nitrogen and oxygen atoms in total. The van der Waals surface area contributed by atoms with Gasteiger partial charge in [-0.1, -0.05) is 6.58 Å². The van der Waals surface area contributed by atoms with Gasteiger partial charge in [-0.05, 0) is 6.92 Å². The fourth-order valence-corrected chi connectivity index (χ4v) is 1.83. The number of hydrogen-bond acceptors (Lipinski definition) is 5. The summed E-state index contributed by atoms with van der Waals surface area (Å²) in [7, 11) is 0. The van der Waals surface area contributed by atoms with Crippen LogP contribution in [0.25, 0.3) is 0 Å². The Morgan fingerprint density at radius 1 is 1.21 bits per heavy atom. The second kappa shape index (κ2) is 8.63. The number of amides is 1. The molecule has 110 valence electrons. The third kappa shape index (κ3) is 6.90. The molecule has 0 heterocycles. The summed E-state index contributed by atoms with van der Waals surface area (Å²) in [6, 6.07) is 0. The largest absolute Gasteiger partial charge is 0.544 e. The number of aliphatic hydroxyl groups excluding tert-OH is 2. The number of carbonyl (C=O) groups is 2. The van der Waals surface area contributed by atoms with E-state index >= 15 is 0 Å². The fraction of sp³-hybridized carbons (Fsp3) is 0.667. The van der Waals surface area contributed by atoms with Gasteiger partial charge in [-0.15, -0.1) is 0 Å². The third-order valence-corrected chi connectivity index (χ3v) is 2.87. The van der Waals surface area contributed by atoms with Crippen LogP contribution in [0.2, 0.25) is 0 Å². The molecule has 0 aliphatic carbocycles. The monoisotopic (exact) mass is 274 g/mol. The van der Waals surface area contributed by atoms with Crippen molar-refractivity contribution in [3.8, 4) is 0 Å². The average Bonchev–Trinajstić information content (AvgIpc) is 2.28. The number of nitrogens with zero attached hydrogens (tertiary/aromatic N) is 1. The topological polar surface area (TPSA) is 110 Å². The van der Waals surface area contributed by atoms with E-state index in [4.69, 9.17) is 10.2 Å². The number of carboxylic acids is 1. The normalized spacial score (nSPS) is 11.1. The second-order valence-electron chi connectivity index (χ2n) is 4.53. The number of carbonyl (C=O) groups excluding carboxylic acids is 2. The molecule has 19 heavy (non-hydrogen) atoms. The first kappa shape index (κ1) is 17.6. The van der Waals surface area contributed by atoms with Gasteiger partial charge in [0.2, 0.25) is 5.91 Å². The Hall–Kier alpha value is -1.44. The van der Waals surface area contributed by atoms with E-state index in [1.165, 1.54) is 0 Å². The molecule has 0 radical (unpaired) electrons. The molecule has 3 N–H and O–H groups in total. The molecule has 0 aliphatic heterocycles. The van der Waals surface area contributed by atoms with E-state index in [9.17, 15) is 14.7 Å². The zero-order valence-electron chi connectivity index (χ0n) is 11.2.